The molecule has 2 rings (SSSR count). The van der Waals surface area contributed by atoms with E-state index in [0.717, 1.165) is 24.0 Å². The zero-order valence-corrected chi connectivity index (χ0v) is 12.2. The van der Waals surface area contributed by atoms with Crippen molar-refractivity contribution in [2.75, 3.05) is 13.1 Å². The molecule has 1 heterocycles. The maximum atomic E-state index is 3.63. The highest BCUT2D eigenvalue weighted by Crippen LogP contribution is 2.17. The molecular formula is C14H21BrN2. The van der Waals surface area contributed by atoms with E-state index in [-0.39, 0.29) is 0 Å². The van der Waals surface area contributed by atoms with Crippen molar-refractivity contribution in [2.24, 2.45) is 0 Å². The molecule has 17 heavy (non-hydrogen) atoms. The molecule has 0 spiro atoms. The van der Waals surface area contributed by atoms with Crippen molar-refractivity contribution in [3.05, 3.63) is 34.3 Å². The quantitative estimate of drug-likeness (QED) is 0.893. The molecule has 0 saturated carbocycles. The Morgan fingerprint density at radius 1 is 1.35 bits per heavy atom. The minimum atomic E-state index is 0.301. The summed E-state index contributed by atoms with van der Waals surface area (Å²) in [5.41, 5.74) is 1.70. The van der Waals surface area contributed by atoms with Crippen LogP contribution in [0, 0.1) is 0 Å². The number of benzene rings is 1. The van der Waals surface area contributed by atoms with E-state index in [0.29, 0.717) is 11.6 Å². The SMILES string of the molecule is CC1(C)CC(NCCc2ccc(Br)cc2)CN1. The van der Waals surface area contributed by atoms with Crippen LogP contribution in [0.2, 0.25) is 0 Å². The average molecular weight is 297 g/mol. The van der Waals surface area contributed by atoms with Crippen LogP contribution in [0.25, 0.3) is 0 Å². The lowest BCUT2D eigenvalue weighted by Gasteiger charge is -2.17. The topological polar surface area (TPSA) is 24.1 Å². The van der Waals surface area contributed by atoms with Crippen molar-refractivity contribution in [3.8, 4) is 0 Å². The summed E-state index contributed by atoms with van der Waals surface area (Å²) in [6, 6.07) is 9.21. The molecule has 0 amide bonds. The number of hydrogen-bond acceptors (Lipinski definition) is 2. The van der Waals surface area contributed by atoms with Crippen LogP contribution in [0.5, 0.6) is 0 Å². The number of hydrogen-bond donors (Lipinski definition) is 2. The van der Waals surface area contributed by atoms with Gasteiger partial charge in [0.05, 0.1) is 0 Å². The minimum absolute atomic E-state index is 0.301. The Balaban J connectivity index is 1.71. The number of halogens is 1. The molecule has 1 unspecified atom stereocenters. The summed E-state index contributed by atoms with van der Waals surface area (Å²) in [5, 5.41) is 7.16. The van der Waals surface area contributed by atoms with Crippen LogP contribution in [0.4, 0.5) is 0 Å². The van der Waals surface area contributed by atoms with E-state index in [1.54, 1.807) is 0 Å². The van der Waals surface area contributed by atoms with E-state index in [1.165, 1.54) is 12.0 Å². The Morgan fingerprint density at radius 2 is 2.06 bits per heavy atom. The van der Waals surface area contributed by atoms with Gasteiger partial charge in [0.15, 0.2) is 0 Å². The van der Waals surface area contributed by atoms with Gasteiger partial charge in [-0.15, -0.1) is 0 Å². The summed E-state index contributed by atoms with van der Waals surface area (Å²) in [4.78, 5) is 0. The van der Waals surface area contributed by atoms with Crippen LogP contribution in [-0.4, -0.2) is 24.7 Å². The highest BCUT2D eigenvalue weighted by molar-refractivity contribution is 9.10. The minimum Gasteiger partial charge on any atom is -0.312 e. The molecule has 3 heteroatoms. The van der Waals surface area contributed by atoms with Crippen molar-refractivity contribution in [1.82, 2.24) is 10.6 Å². The van der Waals surface area contributed by atoms with Crippen LogP contribution < -0.4 is 10.6 Å². The zero-order chi connectivity index (χ0) is 12.3. The molecular weight excluding hydrogens is 276 g/mol. The van der Waals surface area contributed by atoms with Crippen molar-refractivity contribution < 1.29 is 0 Å². The van der Waals surface area contributed by atoms with Gasteiger partial charge in [0, 0.05) is 22.6 Å². The standard InChI is InChI=1S/C14H21BrN2/c1-14(2)9-13(10-17-14)16-8-7-11-3-5-12(15)6-4-11/h3-6,13,16-17H,7-10H2,1-2H3. The monoisotopic (exact) mass is 296 g/mol. The second-order valence-electron chi connectivity index (χ2n) is 5.50. The third-order valence-electron chi connectivity index (χ3n) is 3.34. The summed E-state index contributed by atoms with van der Waals surface area (Å²) in [7, 11) is 0. The summed E-state index contributed by atoms with van der Waals surface area (Å²) in [6.07, 6.45) is 2.32. The molecule has 1 atom stereocenters. The van der Waals surface area contributed by atoms with Gasteiger partial charge in [-0.2, -0.15) is 0 Å². The summed E-state index contributed by atoms with van der Waals surface area (Å²) < 4.78 is 1.15. The van der Waals surface area contributed by atoms with Crippen molar-refractivity contribution in [2.45, 2.75) is 38.3 Å². The van der Waals surface area contributed by atoms with Crippen molar-refractivity contribution in [1.29, 1.82) is 0 Å². The smallest absolute Gasteiger partial charge is 0.0210 e. The van der Waals surface area contributed by atoms with Gasteiger partial charge in [0.1, 0.15) is 0 Å². The van der Waals surface area contributed by atoms with Gasteiger partial charge in [-0.05, 0) is 50.9 Å². The highest BCUT2D eigenvalue weighted by Gasteiger charge is 2.29. The normalized spacial score (nSPS) is 22.9. The Hall–Kier alpha value is -0.380. The molecule has 0 radical (unpaired) electrons. The molecule has 0 bridgehead atoms. The largest absolute Gasteiger partial charge is 0.312 e. The van der Waals surface area contributed by atoms with Gasteiger partial charge in [0.2, 0.25) is 0 Å². The first-order valence-electron chi connectivity index (χ1n) is 6.28. The summed E-state index contributed by atoms with van der Waals surface area (Å²) in [6.45, 7) is 6.68. The fraction of sp³-hybridized carbons (Fsp3) is 0.571. The molecule has 2 N–H and O–H groups in total. The first-order chi connectivity index (χ1) is 8.05. The second kappa shape index (κ2) is 5.51. The lowest BCUT2D eigenvalue weighted by atomic mass is 10.0. The third kappa shape index (κ3) is 4.09. The van der Waals surface area contributed by atoms with E-state index >= 15 is 0 Å². The Morgan fingerprint density at radius 3 is 2.65 bits per heavy atom. The fourth-order valence-corrected chi connectivity index (χ4v) is 2.64. The van der Waals surface area contributed by atoms with E-state index in [9.17, 15) is 0 Å². The average Bonchev–Trinajstić information content (AvgIpc) is 2.61. The van der Waals surface area contributed by atoms with Gasteiger partial charge in [-0.3, -0.25) is 0 Å². The highest BCUT2D eigenvalue weighted by atomic mass is 79.9. The maximum Gasteiger partial charge on any atom is 0.0210 e. The number of nitrogens with one attached hydrogen (secondary N) is 2. The zero-order valence-electron chi connectivity index (χ0n) is 10.6. The van der Waals surface area contributed by atoms with Gasteiger partial charge >= 0.3 is 0 Å². The van der Waals surface area contributed by atoms with Crippen LogP contribution in [0.3, 0.4) is 0 Å². The molecule has 1 aliphatic heterocycles. The Kier molecular flexibility index (Phi) is 4.23. The lowest BCUT2D eigenvalue weighted by molar-refractivity contribution is 0.443. The van der Waals surface area contributed by atoms with Gasteiger partial charge in [-0.25, -0.2) is 0 Å². The molecule has 1 aromatic carbocycles. The second-order valence-corrected chi connectivity index (χ2v) is 6.41. The van der Waals surface area contributed by atoms with Crippen LogP contribution in [-0.2, 0) is 6.42 Å². The third-order valence-corrected chi connectivity index (χ3v) is 3.87. The van der Waals surface area contributed by atoms with Crippen LogP contribution in [0.1, 0.15) is 25.8 Å². The summed E-state index contributed by atoms with van der Waals surface area (Å²) >= 11 is 3.46. The first kappa shape index (κ1) is 13.1. The Labute approximate surface area is 112 Å². The molecule has 1 aliphatic rings. The van der Waals surface area contributed by atoms with E-state index in [2.05, 4.69) is 64.7 Å². The lowest BCUT2D eigenvalue weighted by Crippen LogP contribution is -2.32. The molecule has 1 aromatic rings. The van der Waals surface area contributed by atoms with Crippen molar-refractivity contribution in [3.63, 3.8) is 0 Å². The van der Waals surface area contributed by atoms with Gasteiger partial charge in [-0.1, -0.05) is 28.1 Å². The van der Waals surface area contributed by atoms with E-state index in [1.807, 2.05) is 0 Å². The molecule has 1 fully saturated rings. The Bertz CT molecular complexity index is 359. The van der Waals surface area contributed by atoms with Crippen LogP contribution >= 0.6 is 15.9 Å². The number of rotatable bonds is 4. The first-order valence-corrected chi connectivity index (χ1v) is 7.07. The molecule has 2 nitrogen and oxygen atoms in total. The fourth-order valence-electron chi connectivity index (χ4n) is 2.38. The van der Waals surface area contributed by atoms with E-state index in [4.69, 9.17) is 0 Å². The summed E-state index contributed by atoms with van der Waals surface area (Å²) in [5.74, 6) is 0. The van der Waals surface area contributed by atoms with Gasteiger partial charge < -0.3 is 10.6 Å². The predicted octanol–water partition coefficient (Wildman–Crippen LogP) is 2.72. The molecule has 1 saturated heterocycles. The predicted molar refractivity (Wildman–Crippen MR) is 76.3 cm³/mol. The maximum absolute atomic E-state index is 3.63. The van der Waals surface area contributed by atoms with Crippen molar-refractivity contribution >= 4 is 15.9 Å². The van der Waals surface area contributed by atoms with Gasteiger partial charge in [0.25, 0.3) is 0 Å². The molecule has 94 valence electrons. The molecule has 0 aliphatic carbocycles. The molecule has 0 aromatic heterocycles. The van der Waals surface area contributed by atoms with E-state index < -0.39 is 0 Å². The van der Waals surface area contributed by atoms with Crippen LogP contribution in [0.15, 0.2) is 28.7 Å².